The highest BCUT2D eigenvalue weighted by atomic mass is 35.5. The Morgan fingerprint density at radius 2 is 1.47 bits per heavy atom. The largest absolute Gasteiger partial charge is 0.467 e. The van der Waals surface area contributed by atoms with E-state index in [0.717, 1.165) is 5.56 Å². The third kappa shape index (κ3) is 9.25. The van der Waals surface area contributed by atoms with E-state index in [2.05, 4.69) is 10.6 Å². The minimum Gasteiger partial charge on any atom is -0.467 e. The molecule has 2 aromatic carbocycles. The lowest BCUT2D eigenvalue weighted by Crippen LogP contribution is -2.44. The summed E-state index contributed by atoms with van der Waals surface area (Å²) in [5.74, 6) is -1.44. The van der Waals surface area contributed by atoms with Gasteiger partial charge in [-0.1, -0.05) is 59.6 Å². The molecule has 0 saturated heterocycles. The molecule has 0 radical (unpaired) electrons. The van der Waals surface area contributed by atoms with Crippen molar-refractivity contribution in [1.29, 1.82) is 0 Å². The van der Waals surface area contributed by atoms with Gasteiger partial charge in [-0.2, -0.15) is 11.8 Å². The van der Waals surface area contributed by atoms with Crippen LogP contribution >= 0.6 is 35.0 Å². The number of esters is 2. The van der Waals surface area contributed by atoms with Crippen LogP contribution in [-0.4, -0.2) is 61.7 Å². The molecule has 0 aliphatic rings. The maximum absolute atomic E-state index is 12.7. The van der Waals surface area contributed by atoms with E-state index in [1.165, 1.54) is 38.1 Å². The van der Waals surface area contributed by atoms with Crippen molar-refractivity contribution in [2.45, 2.75) is 25.1 Å². The first kappa shape index (κ1) is 29.3. The summed E-state index contributed by atoms with van der Waals surface area (Å²) in [7, 11) is 2.41. The number of thioether (sulfide) groups is 1. The molecule has 194 valence electrons. The second-order valence-electron chi connectivity index (χ2n) is 7.29. The molecule has 0 unspecified atom stereocenters. The lowest BCUT2D eigenvalue weighted by molar-refractivity contribution is -0.143. The van der Waals surface area contributed by atoms with E-state index < -0.39 is 36.0 Å². The minimum atomic E-state index is -0.984. The van der Waals surface area contributed by atoms with Gasteiger partial charge in [0.2, 0.25) is 0 Å². The summed E-state index contributed by atoms with van der Waals surface area (Å²) in [4.78, 5) is 49.1. The molecule has 2 rings (SSSR count). The Balaban J connectivity index is 1.89. The van der Waals surface area contributed by atoms with Crippen LogP contribution in [0.3, 0.4) is 0 Å². The summed E-state index contributed by atoms with van der Waals surface area (Å²) in [6, 6.07) is 11.7. The summed E-state index contributed by atoms with van der Waals surface area (Å²) < 4.78 is 14.7. The molecular weight excluding hydrogens is 531 g/mol. The van der Waals surface area contributed by atoms with Crippen LogP contribution in [0.5, 0.6) is 0 Å². The first-order chi connectivity index (χ1) is 17.3. The van der Waals surface area contributed by atoms with Crippen molar-refractivity contribution in [1.82, 2.24) is 10.6 Å². The van der Waals surface area contributed by atoms with Gasteiger partial charge in [0, 0.05) is 5.75 Å². The second-order valence-corrected chi connectivity index (χ2v) is 9.26. The molecule has 0 aliphatic heterocycles. The van der Waals surface area contributed by atoms with E-state index in [-0.39, 0.29) is 34.4 Å². The lowest BCUT2D eigenvalue weighted by atomic mass is 10.1. The van der Waals surface area contributed by atoms with E-state index in [1.54, 1.807) is 18.2 Å². The number of benzene rings is 2. The fraction of sp³-hybridized carbons (Fsp3) is 0.333. The Hall–Kier alpha value is -2.95. The van der Waals surface area contributed by atoms with Gasteiger partial charge in [0.1, 0.15) is 18.7 Å². The Morgan fingerprint density at radius 3 is 2.08 bits per heavy atom. The highest BCUT2D eigenvalue weighted by Gasteiger charge is 2.26. The number of carbonyl (C=O) groups excluding carboxylic acids is 4. The number of alkyl carbamates (subject to hydrolysis) is 1. The number of carbonyl (C=O) groups is 4. The molecule has 12 heteroatoms. The van der Waals surface area contributed by atoms with Gasteiger partial charge in [-0.3, -0.25) is 4.79 Å². The van der Waals surface area contributed by atoms with Crippen LogP contribution in [0, 0.1) is 0 Å². The Labute approximate surface area is 223 Å². The first-order valence-corrected chi connectivity index (χ1v) is 12.6. The van der Waals surface area contributed by atoms with Crippen LogP contribution < -0.4 is 10.6 Å². The highest BCUT2D eigenvalue weighted by Crippen LogP contribution is 2.24. The third-order valence-corrected chi connectivity index (χ3v) is 6.53. The van der Waals surface area contributed by atoms with Crippen molar-refractivity contribution in [3.8, 4) is 0 Å². The molecule has 2 aromatic rings. The number of amides is 2. The van der Waals surface area contributed by atoms with Gasteiger partial charge in [-0.25, -0.2) is 14.4 Å². The van der Waals surface area contributed by atoms with Crippen molar-refractivity contribution in [2.75, 3.05) is 25.7 Å². The molecule has 9 nitrogen and oxygen atoms in total. The van der Waals surface area contributed by atoms with Crippen molar-refractivity contribution >= 4 is 58.9 Å². The second kappa shape index (κ2) is 15.2. The van der Waals surface area contributed by atoms with Crippen LogP contribution in [-0.2, 0) is 30.4 Å². The average Bonchev–Trinajstić information content (AvgIpc) is 2.88. The van der Waals surface area contributed by atoms with Gasteiger partial charge in [-0.15, -0.1) is 0 Å². The Bertz CT molecular complexity index is 1040. The fourth-order valence-electron chi connectivity index (χ4n) is 2.96. The van der Waals surface area contributed by atoms with Crippen molar-refractivity contribution in [2.24, 2.45) is 0 Å². The van der Waals surface area contributed by atoms with Crippen LogP contribution in [0.1, 0.15) is 22.3 Å². The quantitative estimate of drug-likeness (QED) is 0.230. The highest BCUT2D eigenvalue weighted by molar-refractivity contribution is 7.99. The van der Waals surface area contributed by atoms with Gasteiger partial charge in [0.15, 0.2) is 0 Å². The van der Waals surface area contributed by atoms with Crippen molar-refractivity contribution < 1.29 is 33.4 Å². The lowest BCUT2D eigenvalue weighted by Gasteiger charge is -2.19. The molecular formula is C24H26Cl2N2O7S. The average molecular weight is 557 g/mol. The zero-order valence-electron chi connectivity index (χ0n) is 19.6. The first-order valence-electron chi connectivity index (χ1n) is 10.7. The predicted octanol–water partition coefficient (Wildman–Crippen LogP) is 3.86. The van der Waals surface area contributed by atoms with Crippen LogP contribution in [0.2, 0.25) is 10.0 Å². The molecule has 0 bridgehead atoms. The molecule has 0 spiro atoms. The molecule has 0 heterocycles. The zero-order valence-corrected chi connectivity index (χ0v) is 22.0. The summed E-state index contributed by atoms with van der Waals surface area (Å²) in [5.41, 5.74) is 0.844. The van der Waals surface area contributed by atoms with E-state index >= 15 is 0 Å². The summed E-state index contributed by atoms with van der Waals surface area (Å²) in [6.45, 7) is 0.0453. The van der Waals surface area contributed by atoms with Crippen LogP contribution in [0.4, 0.5) is 4.79 Å². The van der Waals surface area contributed by atoms with Gasteiger partial charge in [0.25, 0.3) is 5.91 Å². The molecule has 0 saturated carbocycles. The van der Waals surface area contributed by atoms with E-state index in [0.29, 0.717) is 5.75 Å². The molecule has 0 aliphatic carbocycles. The van der Waals surface area contributed by atoms with Gasteiger partial charge >= 0.3 is 18.0 Å². The Kier molecular flexibility index (Phi) is 12.4. The zero-order chi connectivity index (χ0) is 26.5. The van der Waals surface area contributed by atoms with Gasteiger partial charge in [0.05, 0.1) is 29.8 Å². The topological polar surface area (TPSA) is 120 Å². The number of halogens is 2. The minimum absolute atomic E-state index is 0.0453. The third-order valence-electron chi connectivity index (χ3n) is 4.81. The SMILES string of the molecule is COC(=O)[C@H](CSCC[C@H](NC(=O)c1c(Cl)cccc1Cl)C(=O)OC)NC(=O)OCc1ccccc1. The molecule has 2 amide bonds. The number of nitrogens with one attached hydrogen (secondary N) is 2. The maximum Gasteiger partial charge on any atom is 0.408 e. The molecule has 0 fully saturated rings. The van der Waals surface area contributed by atoms with Gasteiger partial charge < -0.3 is 24.8 Å². The molecule has 36 heavy (non-hydrogen) atoms. The van der Waals surface area contributed by atoms with Gasteiger partial charge in [-0.05, 0) is 29.9 Å². The normalized spacial score (nSPS) is 12.1. The van der Waals surface area contributed by atoms with E-state index in [9.17, 15) is 19.2 Å². The monoisotopic (exact) mass is 556 g/mol. The Morgan fingerprint density at radius 1 is 0.861 bits per heavy atom. The number of hydrogen-bond donors (Lipinski definition) is 2. The van der Waals surface area contributed by atoms with Crippen LogP contribution in [0.15, 0.2) is 48.5 Å². The maximum atomic E-state index is 12.7. The fourth-order valence-corrected chi connectivity index (χ4v) is 4.55. The van der Waals surface area contributed by atoms with E-state index in [1.807, 2.05) is 18.2 Å². The van der Waals surface area contributed by atoms with Crippen molar-refractivity contribution in [3.05, 3.63) is 69.7 Å². The number of rotatable bonds is 12. The molecule has 0 aromatic heterocycles. The smallest absolute Gasteiger partial charge is 0.408 e. The number of hydrogen-bond acceptors (Lipinski definition) is 8. The number of ether oxygens (including phenoxy) is 3. The standard InChI is InChI=1S/C24H26Cl2N2O7S/c1-33-22(30)18(27-21(29)20-16(25)9-6-10-17(20)26)11-12-36-14-19(23(31)34-2)28-24(32)35-13-15-7-4-3-5-8-15/h3-10,18-19H,11-14H2,1-2H3,(H,27,29)(H,28,32)/t18-,19-/m0/s1. The summed E-state index contributed by atoms with van der Waals surface area (Å²) in [5, 5.41) is 5.34. The van der Waals surface area contributed by atoms with Crippen molar-refractivity contribution in [3.63, 3.8) is 0 Å². The summed E-state index contributed by atoms with van der Waals surface area (Å²) >= 11 is 13.4. The molecule has 2 N–H and O–H groups in total. The van der Waals surface area contributed by atoms with E-state index in [4.69, 9.17) is 37.4 Å². The van der Waals surface area contributed by atoms with Crippen LogP contribution in [0.25, 0.3) is 0 Å². The predicted molar refractivity (Wildman–Crippen MR) is 137 cm³/mol. The molecule has 2 atom stereocenters. The number of methoxy groups -OCH3 is 2. The summed E-state index contributed by atoms with van der Waals surface area (Å²) in [6.07, 6.45) is -0.594.